The van der Waals surface area contributed by atoms with Crippen LogP contribution in [-0.2, 0) is 10.0 Å². The Labute approximate surface area is 175 Å². The SMILES string of the molecule is Cc1nc(C2CC3(CCN(S(=O)(=O)c4cccc5cccnc45)CC3)CN2C)no1. The van der Waals surface area contributed by atoms with Crippen molar-refractivity contribution in [3.05, 3.63) is 48.2 Å². The smallest absolute Gasteiger partial charge is 0.245 e. The van der Waals surface area contributed by atoms with Crippen LogP contribution in [0.1, 0.15) is 37.0 Å². The van der Waals surface area contributed by atoms with E-state index < -0.39 is 10.0 Å². The third-order valence-corrected chi connectivity index (χ3v) is 8.51. The highest BCUT2D eigenvalue weighted by molar-refractivity contribution is 7.89. The standard InChI is InChI=1S/C21H25N5O3S/c1-15-23-20(24-29-15)17-13-21(14-25(17)2)8-11-26(12-9-21)30(27,28)18-7-3-5-16-6-4-10-22-19(16)18/h3-7,10,17H,8-9,11-14H2,1-2H3. The molecule has 9 heteroatoms. The van der Waals surface area contributed by atoms with Crippen molar-refractivity contribution in [2.75, 3.05) is 26.7 Å². The van der Waals surface area contributed by atoms with Gasteiger partial charge in [0, 0.05) is 38.1 Å². The van der Waals surface area contributed by atoms with Gasteiger partial charge >= 0.3 is 0 Å². The zero-order valence-corrected chi connectivity index (χ0v) is 18.0. The number of likely N-dealkylation sites (tertiary alicyclic amines) is 1. The van der Waals surface area contributed by atoms with Gasteiger partial charge in [0.2, 0.25) is 15.9 Å². The molecule has 3 aromatic rings. The number of rotatable bonds is 3. The van der Waals surface area contributed by atoms with Gasteiger partial charge in [-0.15, -0.1) is 0 Å². The number of aryl methyl sites for hydroxylation is 1. The molecule has 0 saturated carbocycles. The fourth-order valence-electron chi connectivity index (χ4n) is 5.00. The lowest BCUT2D eigenvalue weighted by atomic mass is 9.77. The maximum Gasteiger partial charge on any atom is 0.245 e. The summed E-state index contributed by atoms with van der Waals surface area (Å²) in [6.45, 7) is 3.73. The average molecular weight is 428 g/mol. The summed E-state index contributed by atoms with van der Waals surface area (Å²) in [7, 11) is -1.51. The van der Waals surface area contributed by atoms with Crippen LogP contribution in [0.25, 0.3) is 10.9 Å². The average Bonchev–Trinajstić information content (AvgIpc) is 3.31. The van der Waals surface area contributed by atoms with E-state index in [1.54, 1.807) is 29.6 Å². The summed E-state index contributed by atoms with van der Waals surface area (Å²) in [4.78, 5) is 11.3. The van der Waals surface area contributed by atoms with Crippen LogP contribution in [0, 0.1) is 12.3 Å². The van der Waals surface area contributed by atoms with Crippen LogP contribution < -0.4 is 0 Å². The predicted molar refractivity (Wildman–Crippen MR) is 111 cm³/mol. The zero-order valence-electron chi connectivity index (χ0n) is 17.2. The topological polar surface area (TPSA) is 92.4 Å². The molecule has 2 aliphatic heterocycles. The lowest BCUT2D eigenvalue weighted by Crippen LogP contribution is -2.44. The first-order chi connectivity index (χ1) is 14.4. The van der Waals surface area contributed by atoms with Crippen molar-refractivity contribution in [3.63, 3.8) is 0 Å². The van der Waals surface area contributed by atoms with Gasteiger partial charge in [0.05, 0.1) is 11.6 Å². The lowest BCUT2D eigenvalue weighted by molar-refractivity contribution is 0.161. The van der Waals surface area contributed by atoms with Gasteiger partial charge in [0.1, 0.15) is 4.90 Å². The normalized spacial score (nSPS) is 22.8. The van der Waals surface area contributed by atoms with E-state index in [1.165, 1.54) is 0 Å². The molecule has 30 heavy (non-hydrogen) atoms. The number of sulfonamides is 1. The largest absolute Gasteiger partial charge is 0.340 e. The summed E-state index contributed by atoms with van der Waals surface area (Å²) in [5, 5.41) is 4.94. The third kappa shape index (κ3) is 3.21. The molecular formula is C21H25N5O3S. The van der Waals surface area contributed by atoms with E-state index in [0.717, 1.165) is 37.0 Å². The molecule has 4 heterocycles. The first-order valence-corrected chi connectivity index (χ1v) is 11.7. The number of hydrogen-bond acceptors (Lipinski definition) is 7. The Morgan fingerprint density at radius 2 is 1.93 bits per heavy atom. The van der Waals surface area contributed by atoms with Crippen LogP contribution in [-0.4, -0.2) is 59.4 Å². The number of pyridine rings is 1. The minimum atomic E-state index is -3.59. The Morgan fingerprint density at radius 1 is 1.17 bits per heavy atom. The van der Waals surface area contributed by atoms with Crippen LogP contribution in [0.4, 0.5) is 0 Å². The fourth-order valence-corrected chi connectivity index (χ4v) is 6.60. The maximum absolute atomic E-state index is 13.4. The van der Waals surface area contributed by atoms with E-state index in [9.17, 15) is 8.42 Å². The van der Waals surface area contributed by atoms with E-state index in [1.807, 2.05) is 18.2 Å². The van der Waals surface area contributed by atoms with Crippen molar-refractivity contribution >= 4 is 20.9 Å². The number of fused-ring (bicyclic) bond motifs is 1. The second-order valence-electron chi connectivity index (χ2n) is 8.54. The summed E-state index contributed by atoms with van der Waals surface area (Å²) >= 11 is 0. The van der Waals surface area contributed by atoms with Gasteiger partial charge in [-0.2, -0.15) is 9.29 Å². The molecule has 2 aromatic heterocycles. The van der Waals surface area contributed by atoms with Gasteiger partial charge < -0.3 is 4.52 Å². The van der Waals surface area contributed by atoms with Crippen LogP contribution in [0.2, 0.25) is 0 Å². The zero-order chi connectivity index (χ0) is 20.9. The molecule has 1 aromatic carbocycles. The Hall–Kier alpha value is -2.36. The molecule has 5 rings (SSSR count). The highest BCUT2D eigenvalue weighted by atomic mass is 32.2. The fraction of sp³-hybridized carbons (Fsp3) is 0.476. The molecule has 0 bridgehead atoms. The second kappa shape index (κ2) is 7.11. The Morgan fingerprint density at radius 3 is 2.67 bits per heavy atom. The van der Waals surface area contributed by atoms with Crippen LogP contribution in [0.3, 0.4) is 0 Å². The van der Waals surface area contributed by atoms with Gasteiger partial charge in [-0.3, -0.25) is 9.88 Å². The number of hydrogen-bond donors (Lipinski definition) is 0. The third-order valence-electron chi connectivity index (χ3n) is 6.58. The van der Waals surface area contributed by atoms with E-state index in [-0.39, 0.29) is 11.5 Å². The number of aromatic nitrogens is 3. The maximum atomic E-state index is 13.4. The Bertz CT molecular complexity index is 1180. The van der Waals surface area contributed by atoms with Crippen molar-refractivity contribution in [2.24, 2.45) is 5.41 Å². The molecule has 8 nitrogen and oxygen atoms in total. The minimum Gasteiger partial charge on any atom is -0.340 e. The van der Waals surface area contributed by atoms with Gasteiger partial charge in [-0.1, -0.05) is 23.4 Å². The number of nitrogens with zero attached hydrogens (tertiary/aromatic N) is 5. The molecule has 2 aliphatic rings. The van der Waals surface area contributed by atoms with E-state index in [0.29, 0.717) is 29.4 Å². The number of benzene rings is 1. The molecule has 0 radical (unpaired) electrons. The number of para-hydroxylation sites is 1. The first kappa shape index (κ1) is 19.6. The molecule has 158 valence electrons. The molecule has 0 N–H and O–H groups in total. The van der Waals surface area contributed by atoms with Gasteiger partial charge in [-0.05, 0) is 43.9 Å². The molecule has 0 aliphatic carbocycles. The summed E-state index contributed by atoms with van der Waals surface area (Å²) in [5.41, 5.74) is 0.616. The van der Waals surface area contributed by atoms with E-state index >= 15 is 0 Å². The monoisotopic (exact) mass is 427 g/mol. The van der Waals surface area contributed by atoms with Crippen molar-refractivity contribution < 1.29 is 12.9 Å². The minimum absolute atomic E-state index is 0.0803. The molecule has 0 amide bonds. The van der Waals surface area contributed by atoms with Gasteiger partial charge in [0.25, 0.3) is 0 Å². The first-order valence-electron chi connectivity index (χ1n) is 10.2. The number of piperidine rings is 1. The summed E-state index contributed by atoms with van der Waals surface area (Å²) in [6, 6.07) is 9.16. The van der Waals surface area contributed by atoms with E-state index in [2.05, 4.69) is 27.1 Å². The molecule has 1 atom stereocenters. The van der Waals surface area contributed by atoms with Crippen molar-refractivity contribution in [1.29, 1.82) is 0 Å². The van der Waals surface area contributed by atoms with E-state index in [4.69, 9.17) is 4.52 Å². The van der Waals surface area contributed by atoms with Crippen molar-refractivity contribution in [1.82, 2.24) is 24.3 Å². The quantitative estimate of drug-likeness (QED) is 0.634. The van der Waals surface area contributed by atoms with Gasteiger partial charge in [0.15, 0.2) is 5.82 Å². The molecule has 2 saturated heterocycles. The molecule has 2 fully saturated rings. The van der Waals surface area contributed by atoms with Crippen LogP contribution in [0.5, 0.6) is 0 Å². The Balaban J connectivity index is 1.35. The van der Waals surface area contributed by atoms with Crippen LogP contribution >= 0.6 is 0 Å². The van der Waals surface area contributed by atoms with Crippen LogP contribution in [0.15, 0.2) is 45.9 Å². The molecule has 1 spiro atoms. The predicted octanol–water partition coefficient (Wildman–Crippen LogP) is 2.77. The highest BCUT2D eigenvalue weighted by Crippen LogP contribution is 2.48. The molecule has 1 unspecified atom stereocenters. The van der Waals surface area contributed by atoms with Crippen molar-refractivity contribution in [2.45, 2.75) is 37.1 Å². The van der Waals surface area contributed by atoms with Crippen molar-refractivity contribution in [3.8, 4) is 0 Å². The van der Waals surface area contributed by atoms with Gasteiger partial charge in [-0.25, -0.2) is 8.42 Å². The summed E-state index contributed by atoms with van der Waals surface area (Å²) in [6.07, 6.45) is 4.21. The summed E-state index contributed by atoms with van der Waals surface area (Å²) in [5.74, 6) is 1.30. The Kier molecular flexibility index (Phi) is 4.64. The lowest BCUT2D eigenvalue weighted by Gasteiger charge is -2.38. The molecular weight excluding hydrogens is 402 g/mol. The second-order valence-corrected chi connectivity index (χ2v) is 10.4. The summed E-state index contributed by atoms with van der Waals surface area (Å²) < 4.78 is 33.6. The highest BCUT2D eigenvalue weighted by Gasteiger charge is 2.47.